The molecule has 0 bridgehead atoms. The van der Waals surface area contributed by atoms with Gasteiger partial charge in [0.05, 0.1) is 15.6 Å². The molecule has 0 unspecified atom stereocenters. The van der Waals surface area contributed by atoms with Crippen LogP contribution in [0.1, 0.15) is 52.9 Å². The molecule has 1 aliphatic carbocycles. The van der Waals surface area contributed by atoms with Crippen molar-refractivity contribution in [2.24, 2.45) is 5.41 Å². The van der Waals surface area contributed by atoms with E-state index < -0.39 is 15.3 Å². The first-order chi connectivity index (χ1) is 10.8. The van der Waals surface area contributed by atoms with Crippen molar-refractivity contribution in [1.82, 2.24) is 0 Å². The molecule has 0 aromatic heterocycles. The third-order valence-corrected chi connectivity index (χ3v) is 7.12. The van der Waals surface area contributed by atoms with Gasteiger partial charge in [-0.3, -0.25) is 4.79 Å². The van der Waals surface area contributed by atoms with Gasteiger partial charge in [0.1, 0.15) is 6.10 Å². The number of rotatable bonds is 5. The summed E-state index contributed by atoms with van der Waals surface area (Å²) in [6.07, 6.45) is 2.88. The van der Waals surface area contributed by atoms with Crippen LogP contribution in [0.4, 0.5) is 0 Å². The number of sulfone groups is 1. The van der Waals surface area contributed by atoms with Gasteiger partial charge in [-0.05, 0) is 58.1 Å². The Balaban J connectivity index is 1.95. The van der Waals surface area contributed by atoms with Gasteiger partial charge in [-0.25, -0.2) is 8.42 Å². The lowest BCUT2D eigenvalue weighted by Gasteiger charge is -2.30. The van der Waals surface area contributed by atoms with Gasteiger partial charge < -0.3 is 4.74 Å². The van der Waals surface area contributed by atoms with Gasteiger partial charge in [0, 0.05) is 0 Å². The fourth-order valence-corrected chi connectivity index (χ4v) is 4.53. The molecule has 0 heterocycles. The van der Waals surface area contributed by atoms with Gasteiger partial charge in [0.2, 0.25) is 0 Å². The number of ether oxygens (including phenoxy) is 1. The molecule has 0 atom stereocenters. The first-order valence-corrected chi connectivity index (χ1v) is 9.82. The number of carbonyl (C=O) groups is 1. The summed E-state index contributed by atoms with van der Waals surface area (Å²) in [6.45, 7) is 5.71. The zero-order chi connectivity index (χ0) is 17.1. The fourth-order valence-electron chi connectivity index (χ4n) is 2.72. The lowest BCUT2D eigenvalue weighted by molar-refractivity contribution is -0.161. The smallest absolute Gasteiger partial charge is 0.311 e. The van der Waals surface area contributed by atoms with Crippen LogP contribution in [0.2, 0.25) is 0 Å². The van der Waals surface area contributed by atoms with Crippen molar-refractivity contribution in [3.05, 3.63) is 30.3 Å². The van der Waals surface area contributed by atoms with E-state index in [1.165, 1.54) is 0 Å². The molecule has 1 aliphatic rings. The molecular formula is C18H26O4S. The predicted octanol–water partition coefficient (Wildman–Crippen LogP) is 3.75. The van der Waals surface area contributed by atoms with E-state index in [-0.39, 0.29) is 17.3 Å². The lowest BCUT2D eigenvalue weighted by atomic mass is 9.90. The van der Waals surface area contributed by atoms with Crippen molar-refractivity contribution in [3.8, 4) is 0 Å². The first-order valence-electron chi connectivity index (χ1n) is 8.27. The van der Waals surface area contributed by atoms with E-state index in [9.17, 15) is 13.2 Å². The Labute approximate surface area is 139 Å². The second-order valence-corrected chi connectivity index (χ2v) is 9.13. The van der Waals surface area contributed by atoms with Gasteiger partial charge in [0.15, 0.2) is 9.84 Å². The second kappa shape index (κ2) is 7.04. The van der Waals surface area contributed by atoms with E-state index in [0.29, 0.717) is 30.6 Å². The highest BCUT2D eigenvalue weighted by Crippen LogP contribution is 2.31. The molecule has 0 spiro atoms. The van der Waals surface area contributed by atoms with E-state index in [2.05, 4.69) is 0 Å². The summed E-state index contributed by atoms with van der Waals surface area (Å²) >= 11 is 0. The number of esters is 1. The van der Waals surface area contributed by atoms with Crippen LogP contribution in [-0.4, -0.2) is 25.7 Å². The molecule has 0 aliphatic heterocycles. The Morgan fingerprint density at radius 1 is 1.13 bits per heavy atom. The molecule has 128 valence electrons. The van der Waals surface area contributed by atoms with Crippen LogP contribution in [0, 0.1) is 5.41 Å². The monoisotopic (exact) mass is 338 g/mol. The minimum absolute atomic E-state index is 0.157. The maximum Gasteiger partial charge on any atom is 0.311 e. The van der Waals surface area contributed by atoms with Gasteiger partial charge in [-0.15, -0.1) is 0 Å². The molecule has 0 amide bonds. The number of hydrogen-bond donors (Lipinski definition) is 0. The van der Waals surface area contributed by atoms with Gasteiger partial charge >= 0.3 is 5.97 Å². The third-order valence-electron chi connectivity index (χ3n) is 4.84. The summed E-state index contributed by atoms with van der Waals surface area (Å²) in [7, 11) is -3.29. The molecule has 0 N–H and O–H groups in total. The van der Waals surface area contributed by atoms with Crippen molar-refractivity contribution in [2.75, 3.05) is 0 Å². The molecule has 1 fully saturated rings. The zero-order valence-corrected chi connectivity index (χ0v) is 14.9. The summed E-state index contributed by atoms with van der Waals surface area (Å²) < 4.78 is 30.8. The Morgan fingerprint density at radius 3 is 2.22 bits per heavy atom. The van der Waals surface area contributed by atoms with Crippen LogP contribution in [0.3, 0.4) is 0 Å². The van der Waals surface area contributed by atoms with E-state index in [0.717, 1.165) is 6.42 Å². The van der Waals surface area contributed by atoms with Crippen LogP contribution < -0.4 is 0 Å². The zero-order valence-electron chi connectivity index (χ0n) is 14.1. The largest absolute Gasteiger partial charge is 0.462 e. The summed E-state index contributed by atoms with van der Waals surface area (Å²) in [5.74, 6) is -0.186. The molecule has 5 heteroatoms. The van der Waals surface area contributed by atoms with Crippen molar-refractivity contribution in [1.29, 1.82) is 0 Å². The summed E-state index contributed by atoms with van der Waals surface area (Å²) in [4.78, 5) is 12.5. The van der Waals surface area contributed by atoms with Crippen LogP contribution in [-0.2, 0) is 19.4 Å². The van der Waals surface area contributed by atoms with Crippen molar-refractivity contribution in [2.45, 2.75) is 69.1 Å². The highest BCUT2D eigenvalue weighted by atomic mass is 32.2. The van der Waals surface area contributed by atoms with E-state index >= 15 is 0 Å². The molecule has 1 saturated carbocycles. The third kappa shape index (κ3) is 4.14. The highest BCUT2D eigenvalue weighted by Gasteiger charge is 2.35. The van der Waals surface area contributed by atoms with Crippen LogP contribution >= 0.6 is 0 Å². The number of carbonyl (C=O) groups excluding carboxylic acids is 1. The minimum atomic E-state index is -3.29. The van der Waals surface area contributed by atoms with E-state index in [1.807, 2.05) is 26.8 Å². The topological polar surface area (TPSA) is 60.4 Å². The molecular weight excluding hydrogens is 312 g/mol. The molecule has 2 rings (SSSR count). The molecule has 23 heavy (non-hydrogen) atoms. The fraction of sp³-hybridized carbons (Fsp3) is 0.611. The SMILES string of the molecule is CCC(C)(C)C(=O)OC1CCC(S(=O)(=O)c2ccccc2)CC1. The first kappa shape index (κ1) is 18.0. The average Bonchev–Trinajstić information content (AvgIpc) is 2.56. The maximum atomic E-state index is 12.6. The van der Waals surface area contributed by atoms with Crippen LogP contribution in [0.25, 0.3) is 0 Å². The average molecular weight is 338 g/mol. The Morgan fingerprint density at radius 2 is 1.70 bits per heavy atom. The molecule has 1 aromatic carbocycles. The molecule has 4 nitrogen and oxygen atoms in total. The molecule has 0 saturated heterocycles. The van der Waals surface area contributed by atoms with Gasteiger partial charge in [-0.2, -0.15) is 0 Å². The quantitative estimate of drug-likeness (QED) is 0.767. The Kier molecular flexibility index (Phi) is 5.50. The lowest BCUT2D eigenvalue weighted by Crippen LogP contribution is -2.35. The van der Waals surface area contributed by atoms with E-state index in [4.69, 9.17) is 4.74 Å². The Bertz CT molecular complexity index is 626. The molecule has 0 radical (unpaired) electrons. The highest BCUT2D eigenvalue weighted by molar-refractivity contribution is 7.92. The molecule has 1 aromatic rings. The standard InChI is InChI=1S/C18H26O4S/c1-4-18(2,3)17(19)22-14-10-12-16(13-11-14)23(20,21)15-8-6-5-7-9-15/h5-9,14,16H,4,10-13H2,1-3H3. The van der Waals surface area contributed by atoms with Gasteiger partial charge in [-0.1, -0.05) is 25.1 Å². The minimum Gasteiger partial charge on any atom is -0.462 e. The summed E-state index contributed by atoms with van der Waals surface area (Å²) in [5.41, 5.74) is -0.479. The summed E-state index contributed by atoms with van der Waals surface area (Å²) in [5, 5.41) is -0.376. The Hall–Kier alpha value is -1.36. The second-order valence-electron chi connectivity index (χ2n) is 6.90. The summed E-state index contributed by atoms with van der Waals surface area (Å²) in [6, 6.07) is 8.58. The van der Waals surface area contributed by atoms with E-state index in [1.54, 1.807) is 24.3 Å². The normalized spacial score (nSPS) is 22.6. The predicted molar refractivity (Wildman–Crippen MR) is 89.8 cm³/mol. The maximum absolute atomic E-state index is 12.6. The van der Waals surface area contributed by atoms with Crippen molar-refractivity contribution >= 4 is 15.8 Å². The number of benzene rings is 1. The number of hydrogen-bond acceptors (Lipinski definition) is 4. The van der Waals surface area contributed by atoms with Crippen LogP contribution in [0.15, 0.2) is 35.2 Å². The van der Waals surface area contributed by atoms with Crippen LogP contribution in [0.5, 0.6) is 0 Å². The van der Waals surface area contributed by atoms with Crippen molar-refractivity contribution in [3.63, 3.8) is 0 Å². The van der Waals surface area contributed by atoms with Gasteiger partial charge in [0.25, 0.3) is 0 Å². The van der Waals surface area contributed by atoms with Crippen molar-refractivity contribution < 1.29 is 17.9 Å².